The molecule has 2 atom stereocenters. The zero-order chi connectivity index (χ0) is 17.3. The molecule has 0 saturated carbocycles. The van der Waals surface area contributed by atoms with Crippen LogP contribution in [0.15, 0.2) is 53.5 Å². The van der Waals surface area contributed by atoms with Gasteiger partial charge in [-0.15, -0.1) is 0 Å². The number of benzene rings is 2. The van der Waals surface area contributed by atoms with Gasteiger partial charge in [0.05, 0.1) is 6.04 Å². The van der Waals surface area contributed by atoms with Crippen LogP contribution in [0.1, 0.15) is 23.2 Å². The molecule has 0 aliphatic carbocycles. The average Bonchev–Trinajstić information content (AvgIpc) is 2.95. The topological polar surface area (TPSA) is 52.9 Å². The maximum absolute atomic E-state index is 14.3. The van der Waals surface area contributed by atoms with E-state index < -0.39 is 29.8 Å². The van der Waals surface area contributed by atoms with Crippen molar-refractivity contribution in [2.24, 2.45) is 4.99 Å². The van der Waals surface area contributed by atoms with Crippen LogP contribution in [0.2, 0.25) is 0 Å². The molecule has 0 saturated heterocycles. The van der Waals surface area contributed by atoms with Crippen molar-refractivity contribution in [2.75, 3.05) is 6.26 Å². The van der Waals surface area contributed by atoms with E-state index in [1.165, 1.54) is 24.3 Å². The summed E-state index contributed by atoms with van der Waals surface area (Å²) in [5, 5.41) is 9.80. The number of thioether (sulfide) groups is 1. The van der Waals surface area contributed by atoms with Gasteiger partial charge in [0.1, 0.15) is 17.7 Å². The zero-order valence-corrected chi connectivity index (χ0v) is 13.5. The van der Waals surface area contributed by atoms with Crippen molar-refractivity contribution < 1.29 is 18.7 Å². The number of aliphatic imine (C=N–C) groups is 1. The minimum atomic E-state index is -1.25. The summed E-state index contributed by atoms with van der Waals surface area (Å²) >= 11 is 1.13. The number of carbonyl (C=O) groups is 1. The Kier molecular flexibility index (Phi) is 4.53. The van der Waals surface area contributed by atoms with Gasteiger partial charge in [-0.2, -0.15) is 0 Å². The number of halogens is 2. The van der Waals surface area contributed by atoms with E-state index in [0.29, 0.717) is 0 Å². The van der Waals surface area contributed by atoms with Crippen molar-refractivity contribution in [1.82, 2.24) is 4.90 Å². The van der Waals surface area contributed by atoms with Crippen LogP contribution in [0.3, 0.4) is 0 Å². The van der Waals surface area contributed by atoms with E-state index in [0.717, 1.165) is 16.7 Å². The number of carboxylic acid groups (broad SMARTS) is 1. The van der Waals surface area contributed by atoms with Gasteiger partial charge in [-0.3, -0.25) is 4.99 Å². The van der Waals surface area contributed by atoms with Crippen molar-refractivity contribution in [3.8, 4) is 0 Å². The molecule has 4 nitrogen and oxygen atoms in total. The zero-order valence-electron chi connectivity index (χ0n) is 12.7. The summed E-state index contributed by atoms with van der Waals surface area (Å²) in [6.45, 7) is 0. The van der Waals surface area contributed by atoms with E-state index in [-0.39, 0.29) is 16.3 Å². The molecule has 124 valence electrons. The summed E-state index contributed by atoms with van der Waals surface area (Å²) in [6.07, 6.45) is 0.423. The molecular formula is C17H14F2N2O2S. The minimum absolute atomic E-state index is 0.168. The first kappa shape index (κ1) is 16.4. The third kappa shape index (κ3) is 2.75. The fourth-order valence-electron chi connectivity index (χ4n) is 2.84. The fourth-order valence-corrected chi connectivity index (χ4v) is 3.45. The summed E-state index contributed by atoms with van der Waals surface area (Å²) in [6, 6.07) is 10.1. The highest BCUT2D eigenvalue weighted by atomic mass is 32.2. The van der Waals surface area contributed by atoms with Gasteiger partial charge >= 0.3 is 6.09 Å². The van der Waals surface area contributed by atoms with E-state index in [1.807, 2.05) is 0 Å². The lowest BCUT2D eigenvalue weighted by molar-refractivity contribution is 0.157. The second-order valence-corrected chi connectivity index (χ2v) is 5.97. The van der Waals surface area contributed by atoms with Crippen molar-refractivity contribution in [1.29, 1.82) is 0 Å². The molecule has 1 N–H and O–H groups in total. The first-order chi connectivity index (χ1) is 11.5. The molecular weight excluding hydrogens is 334 g/mol. The molecule has 3 rings (SSSR count). The Balaban J connectivity index is 2.18. The highest BCUT2D eigenvalue weighted by Crippen LogP contribution is 2.45. The van der Waals surface area contributed by atoms with Gasteiger partial charge in [0.15, 0.2) is 5.17 Å². The Morgan fingerprint density at radius 2 is 1.62 bits per heavy atom. The van der Waals surface area contributed by atoms with E-state index in [1.54, 1.807) is 30.5 Å². The normalized spacial score (nSPS) is 20.1. The molecule has 0 radical (unpaired) electrons. The largest absolute Gasteiger partial charge is 0.465 e. The first-order valence-corrected chi connectivity index (χ1v) is 8.40. The third-order valence-corrected chi connectivity index (χ3v) is 4.54. The van der Waals surface area contributed by atoms with Gasteiger partial charge in [-0.25, -0.2) is 18.5 Å². The molecule has 1 aliphatic rings. The number of hydrogen-bond donors (Lipinski definition) is 1. The highest BCUT2D eigenvalue weighted by Gasteiger charge is 2.43. The highest BCUT2D eigenvalue weighted by molar-refractivity contribution is 8.13. The molecule has 24 heavy (non-hydrogen) atoms. The van der Waals surface area contributed by atoms with Gasteiger partial charge in [-0.05, 0) is 18.4 Å². The first-order valence-electron chi connectivity index (χ1n) is 7.17. The predicted octanol–water partition coefficient (Wildman–Crippen LogP) is 4.46. The van der Waals surface area contributed by atoms with Crippen LogP contribution in [-0.4, -0.2) is 27.5 Å². The lowest BCUT2D eigenvalue weighted by Crippen LogP contribution is -2.35. The van der Waals surface area contributed by atoms with Crippen LogP contribution in [0.25, 0.3) is 0 Å². The Labute approximate surface area is 141 Å². The van der Waals surface area contributed by atoms with Crippen molar-refractivity contribution in [3.63, 3.8) is 0 Å². The summed E-state index contributed by atoms with van der Waals surface area (Å²) < 4.78 is 28.6. The minimum Gasteiger partial charge on any atom is -0.465 e. The monoisotopic (exact) mass is 348 g/mol. The SMILES string of the molecule is CSC1=NC(c2ccccc2F)C(c2ccccc2F)N1C(=O)O. The number of nitrogens with zero attached hydrogens (tertiary/aromatic N) is 2. The number of rotatable bonds is 2. The molecule has 0 fully saturated rings. The molecule has 0 aromatic heterocycles. The Bertz CT molecular complexity index is 813. The average molecular weight is 348 g/mol. The summed E-state index contributed by atoms with van der Waals surface area (Å²) in [5.74, 6) is -1.05. The van der Waals surface area contributed by atoms with E-state index in [2.05, 4.69) is 4.99 Å². The van der Waals surface area contributed by atoms with E-state index >= 15 is 0 Å². The molecule has 1 heterocycles. The lowest BCUT2D eigenvalue weighted by Gasteiger charge is -2.27. The summed E-state index contributed by atoms with van der Waals surface area (Å²) in [7, 11) is 0. The number of amidine groups is 1. The van der Waals surface area contributed by atoms with Gasteiger partial charge in [0, 0.05) is 11.1 Å². The Morgan fingerprint density at radius 3 is 2.12 bits per heavy atom. The Hall–Kier alpha value is -2.41. The molecule has 0 spiro atoms. The fraction of sp³-hybridized carbons (Fsp3) is 0.176. The van der Waals surface area contributed by atoms with Crippen LogP contribution in [0.4, 0.5) is 13.6 Å². The molecule has 7 heteroatoms. The van der Waals surface area contributed by atoms with Gasteiger partial charge in [-0.1, -0.05) is 48.2 Å². The smallest absolute Gasteiger partial charge is 0.414 e. The van der Waals surface area contributed by atoms with Crippen LogP contribution < -0.4 is 0 Å². The Morgan fingerprint density at radius 1 is 1.08 bits per heavy atom. The molecule has 1 amide bonds. The van der Waals surface area contributed by atoms with Crippen molar-refractivity contribution in [2.45, 2.75) is 12.1 Å². The molecule has 2 aromatic carbocycles. The van der Waals surface area contributed by atoms with Crippen molar-refractivity contribution in [3.05, 3.63) is 71.3 Å². The third-order valence-electron chi connectivity index (χ3n) is 3.87. The van der Waals surface area contributed by atoms with Crippen LogP contribution in [0, 0.1) is 11.6 Å². The summed E-state index contributed by atoms with van der Waals surface area (Å²) in [5.41, 5.74) is 0.405. The maximum Gasteiger partial charge on any atom is 0.414 e. The molecule has 2 unspecified atom stereocenters. The van der Waals surface area contributed by atoms with E-state index in [9.17, 15) is 18.7 Å². The predicted molar refractivity (Wildman–Crippen MR) is 89.1 cm³/mol. The number of hydrogen-bond acceptors (Lipinski definition) is 3. The van der Waals surface area contributed by atoms with E-state index in [4.69, 9.17) is 0 Å². The molecule has 1 aliphatic heterocycles. The van der Waals surface area contributed by atoms with Gasteiger partial charge in [0.2, 0.25) is 0 Å². The number of amides is 1. The van der Waals surface area contributed by atoms with Crippen LogP contribution in [-0.2, 0) is 0 Å². The quantitative estimate of drug-likeness (QED) is 0.872. The van der Waals surface area contributed by atoms with Gasteiger partial charge in [0.25, 0.3) is 0 Å². The van der Waals surface area contributed by atoms with Crippen molar-refractivity contribution >= 4 is 23.0 Å². The maximum atomic E-state index is 14.3. The van der Waals surface area contributed by atoms with Crippen LogP contribution >= 0.6 is 11.8 Å². The second kappa shape index (κ2) is 6.60. The van der Waals surface area contributed by atoms with Crippen LogP contribution in [0.5, 0.6) is 0 Å². The molecule has 2 aromatic rings. The van der Waals surface area contributed by atoms with Gasteiger partial charge < -0.3 is 5.11 Å². The molecule has 0 bridgehead atoms. The summed E-state index contributed by atoms with van der Waals surface area (Å²) in [4.78, 5) is 17.1. The second-order valence-electron chi connectivity index (χ2n) is 5.20. The lowest BCUT2D eigenvalue weighted by atomic mass is 9.93. The standard InChI is InChI=1S/C17H14F2N2O2S/c1-24-16-20-14(10-6-2-4-8-12(10)18)15(21(16)17(22)23)11-7-3-5-9-13(11)19/h2-9,14-15H,1H3,(H,22,23).